The van der Waals surface area contributed by atoms with Gasteiger partial charge in [0.2, 0.25) is 0 Å². The molecule has 4 aromatic rings. The highest BCUT2D eigenvalue weighted by Crippen LogP contribution is 2.28. The topological polar surface area (TPSA) is 84.8 Å². The van der Waals surface area contributed by atoms with Gasteiger partial charge in [0, 0.05) is 10.6 Å². The second kappa shape index (κ2) is 8.79. The van der Waals surface area contributed by atoms with E-state index < -0.39 is 0 Å². The lowest BCUT2D eigenvalue weighted by Gasteiger charge is -2.06. The first-order valence-corrected chi connectivity index (χ1v) is 9.84. The van der Waals surface area contributed by atoms with E-state index in [0.717, 1.165) is 5.56 Å². The number of carbonyl (C=O) groups is 1. The quantitative estimate of drug-likeness (QED) is 0.395. The number of ether oxygens (including phenoxy) is 1. The van der Waals surface area contributed by atoms with E-state index in [1.165, 1.54) is 6.20 Å². The predicted octanol–water partition coefficient (Wildman–Crippen LogP) is 5.52. The third-order valence-corrected chi connectivity index (χ3v) is 5.06. The van der Waals surface area contributed by atoms with Gasteiger partial charge in [0.05, 0.1) is 33.8 Å². The number of nitrogens with one attached hydrogen (secondary N) is 2. The zero-order valence-corrected chi connectivity index (χ0v) is 17.5. The fraction of sp³-hybridized carbons (Fsp3) is 0.0500. The molecule has 4 rings (SSSR count). The van der Waals surface area contributed by atoms with Crippen LogP contribution in [0.3, 0.4) is 0 Å². The van der Waals surface area contributed by atoms with E-state index in [0.29, 0.717) is 37.9 Å². The van der Waals surface area contributed by atoms with Crippen molar-refractivity contribution in [3.8, 4) is 17.0 Å². The van der Waals surface area contributed by atoms with E-state index in [-0.39, 0.29) is 12.6 Å². The SMILES string of the molecule is O=C(Nc1cnn(COc2cccc(Cl)c2)c1)c1cc(-c2ccc(Cl)c(Cl)c2)n[nH]1. The minimum Gasteiger partial charge on any atom is -0.471 e. The minimum absolute atomic E-state index is 0.168. The standard InChI is InChI=1S/C20H14Cl3N5O2/c21-13-2-1-3-15(7-13)30-11-28-10-14(9-24-28)25-20(29)19-8-18(26-27-19)12-4-5-16(22)17(23)6-12/h1-10H,11H2,(H,25,29)(H,26,27). The van der Waals surface area contributed by atoms with Crippen LogP contribution in [0.2, 0.25) is 15.1 Å². The lowest BCUT2D eigenvalue weighted by atomic mass is 10.1. The van der Waals surface area contributed by atoms with Gasteiger partial charge in [-0.3, -0.25) is 9.89 Å². The lowest BCUT2D eigenvalue weighted by Crippen LogP contribution is -2.12. The molecule has 0 unspecified atom stereocenters. The zero-order valence-electron chi connectivity index (χ0n) is 15.3. The van der Waals surface area contributed by atoms with Crippen molar-refractivity contribution in [2.45, 2.75) is 6.73 Å². The molecule has 0 aliphatic heterocycles. The molecular weight excluding hydrogens is 449 g/mol. The second-order valence-corrected chi connectivity index (χ2v) is 7.50. The van der Waals surface area contributed by atoms with Crippen LogP contribution in [0.5, 0.6) is 5.75 Å². The Kier molecular flexibility index (Phi) is 5.94. The van der Waals surface area contributed by atoms with Crippen LogP contribution in [-0.2, 0) is 6.73 Å². The number of benzene rings is 2. The van der Waals surface area contributed by atoms with Crippen LogP contribution in [0.1, 0.15) is 10.5 Å². The van der Waals surface area contributed by atoms with E-state index in [1.54, 1.807) is 59.4 Å². The van der Waals surface area contributed by atoms with Gasteiger partial charge in [0.1, 0.15) is 11.4 Å². The fourth-order valence-corrected chi connectivity index (χ4v) is 3.11. The van der Waals surface area contributed by atoms with Crippen molar-refractivity contribution in [3.05, 3.63) is 81.7 Å². The maximum Gasteiger partial charge on any atom is 0.273 e. The van der Waals surface area contributed by atoms with Crippen molar-refractivity contribution in [3.63, 3.8) is 0 Å². The molecule has 30 heavy (non-hydrogen) atoms. The van der Waals surface area contributed by atoms with Gasteiger partial charge < -0.3 is 10.1 Å². The Labute approximate surface area is 186 Å². The number of anilines is 1. The summed E-state index contributed by atoms with van der Waals surface area (Å²) in [6.45, 7) is 0.168. The first kappa shape index (κ1) is 20.3. The summed E-state index contributed by atoms with van der Waals surface area (Å²) in [5.41, 5.74) is 2.12. The van der Waals surface area contributed by atoms with Crippen molar-refractivity contribution in [1.82, 2.24) is 20.0 Å². The minimum atomic E-state index is -0.357. The maximum atomic E-state index is 12.5. The van der Waals surface area contributed by atoms with Crippen LogP contribution in [0.4, 0.5) is 5.69 Å². The van der Waals surface area contributed by atoms with Crippen LogP contribution < -0.4 is 10.1 Å². The molecule has 0 saturated heterocycles. The Morgan fingerprint density at radius 2 is 1.97 bits per heavy atom. The number of nitrogens with zero attached hydrogens (tertiary/aromatic N) is 3. The number of carbonyl (C=O) groups excluding carboxylic acids is 1. The Balaban J connectivity index is 1.38. The van der Waals surface area contributed by atoms with Crippen LogP contribution in [0.15, 0.2) is 60.9 Å². The highest BCUT2D eigenvalue weighted by atomic mass is 35.5. The van der Waals surface area contributed by atoms with Crippen molar-refractivity contribution < 1.29 is 9.53 Å². The first-order valence-electron chi connectivity index (χ1n) is 8.71. The van der Waals surface area contributed by atoms with Crippen molar-refractivity contribution >= 4 is 46.4 Å². The number of amides is 1. The van der Waals surface area contributed by atoms with E-state index in [1.807, 2.05) is 0 Å². The normalized spacial score (nSPS) is 10.8. The molecule has 7 nitrogen and oxygen atoms in total. The summed E-state index contributed by atoms with van der Waals surface area (Å²) >= 11 is 17.9. The van der Waals surface area contributed by atoms with Crippen molar-refractivity contribution in [1.29, 1.82) is 0 Å². The summed E-state index contributed by atoms with van der Waals surface area (Å²) in [6, 6.07) is 13.8. The van der Waals surface area contributed by atoms with Gasteiger partial charge in [-0.15, -0.1) is 0 Å². The largest absolute Gasteiger partial charge is 0.471 e. The molecule has 2 N–H and O–H groups in total. The number of rotatable bonds is 6. The number of aromatic amines is 1. The van der Waals surface area contributed by atoms with Crippen LogP contribution in [0, 0.1) is 0 Å². The number of H-pyrrole nitrogens is 1. The Morgan fingerprint density at radius 3 is 2.77 bits per heavy atom. The summed E-state index contributed by atoms with van der Waals surface area (Å²) < 4.78 is 7.16. The van der Waals surface area contributed by atoms with Gasteiger partial charge in [-0.1, -0.05) is 46.9 Å². The average Bonchev–Trinajstić information content (AvgIpc) is 3.38. The molecule has 0 spiro atoms. The Morgan fingerprint density at radius 1 is 1.10 bits per heavy atom. The fourth-order valence-electron chi connectivity index (χ4n) is 2.64. The molecule has 0 bridgehead atoms. The van der Waals surface area contributed by atoms with Gasteiger partial charge in [0.25, 0.3) is 5.91 Å². The molecule has 10 heteroatoms. The highest BCUT2D eigenvalue weighted by Gasteiger charge is 2.13. The van der Waals surface area contributed by atoms with Gasteiger partial charge in [-0.25, -0.2) is 4.68 Å². The molecule has 0 radical (unpaired) electrons. The molecule has 0 atom stereocenters. The van der Waals surface area contributed by atoms with Crippen LogP contribution in [-0.4, -0.2) is 25.9 Å². The first-order chi connectivity index (χ1) is 14.5. The predicted molar refractivity (Wildman–Crippen MR) is 116 cm³/mol. The van der Waals surface area contributed by atoms with Gasteiger partial charge >= 0.3 is 0 Å². The van der Waals surface area contributed by atoms with Gasteiger partial charge in [-0.05, 0) is 36.4 Å². The molecule has 152 valence electrons. The monoisotopic (exact) mass is 461 g/mol. The van der Waals surface area contributed by atoms with Crippen LogP contribution in [0.25, 0.3) is 11.3 Å². The number of hydrogen-bond acceptors (Lipinski definition) is 4. The molecule has 2 aromatic carbocycles. The molecular formula is C20H14Cl3N5O2. The average molecular weight is 463 g/mol. The summed E-state index contributed by atoms with van der Waals surface area (Å²) in [6.07, 6.45) is 3.17. The van der Waals surface area contributed by atoms with Crippen molar-refractivity contribution in [2.75, 3.05) is 5.32 Å². The summed E-state index contributed by atoms with van der Waals surface area (Å²) in [4.78, 5) is 12.5. The summed E-state index contributed by atoms with van der Waals surface area (Å²) in [5.74, 6) is 0.264. The molecule has 1 amide bonds. The van der Waals surface area contributed by atoms with Crippen LogP contribution >= 0.6 is 34.8 Å². The van der Waals surface area contributed by atoms with E-state index in [9.17, 15) is 4.79 Å². The summed E-state index contributed by atoms with van der Waals surface area (Å²) in [7, 11) is 0. The molecule has 2 heterocycles. The molecule has 0 fully saturated rings. The molecule has 2 aromatic heterocycles. The molecule has 0 aliphatic rings. The third kappa shape index (κ3) is 4.76. The van der Waals surface area contributed by atoms with Gasteiger partial charge in [0.15, 0.2) is 6.73 Å². The second-order valence-electron chi connectivity index (χ2n) is 6.25. The Bertz CT molecular complexity index is 1200. The maximum absolute atomic E-state index is 12.5. The lowest BCUT2D eigenvalue weighted by molar-refractivity contribution is 0.102. The van der Waals surface area contributed by atoms with E-state index >= 15 is 0 Å². The van der Waals surface area contributed by atoms with Gasteiger partial charge in [-0.2, -0.15) is 10.2 Å². The van der Waals surface area contributed by atoms with E-state index in [4.69, 9.17) is 39.5 Å². The third-order valence-electron chi connectivity index (χ3n) is 4.09. The molecule has 0 aliphatic carbocycles. The zero-order chi connectivity index (χ0) is 21.1. The van der Waals surface area contributed by atoms with E-state index in [2.05, 4.69) is 20.6 Å². The highest BCUT2D eigenvalue weighted by molar-refractivity contribution is 6.42. The number of halogens is 3. The number of hydrogen-bond donors (Lipinski definition) is 2. The smallest absolute Gasteiger partial charge is 0.273 e. The Hall–Kier alpha value is -3.00. The molecule has 0 saturated carbocycles. The number of aromatic nitrogens is 4. The summed E-state index contributed by atoms with van der Waals surface area (Å²) in [5, 5.41) is 15.2. The van der Waals surface area contributed by atoms with Crippen molar-refractivity contribution in [2.24, 2.45) is 0 Å².